The van der Waals surface area contributed by atoms with Gasteiger partial charge in [-0.1, -0.05) is 0 Å². The second-order valence-corrected chi connectivity index (χ2v) is 35.9. The van der Waals surface area contributed by atoms with Crippen LogP contribution >= 0.6 is 14.2 Å². The topological polar surface area (TPSA) is 40.5 Å². The van der Waals surface area contributed by atoms with E-state index in [2.05, 4.69) is 201 Å². The Morgan fingerprint density at radius 3 is 1.03 bits per heavy atom. The molecule has 0 aromatic heterocycles. The minimum absolute atomic E-state index is 0.238. The van der Waals surface area contributed by atoms with Gasteiger partial charge < -0.3 is 0 Å². The molecule has 3 unspecified atom stereocenters. The van der Waals surface area contributed by atoms with Gasteiger partial charge in [0.2, 0.25) is 0 Å². The van der Waals surface area contributed by atoms with E-state index < -0.39 is 19.2 Å². The van der Waals surface area contributed by atoms with Crippen LogP contribution in [0.1, 0.15) is 150 Å². The fraction of sp³-hybridized carbons (Fsp3) is 0.379. The number of hydrogen-bond acceptors (Lipinski definition) is 2. The number of phenols is 2. The number of aromatic hydroxyl groups is 2. The summed E-state index contributed by atoms with van der Waals surface area (Å²) in [6.45, 7) is 18.5. The van der Waals surface area contributed by atoms with Crippen LogP contribution in [0.2, 0.25) is 0 Å². The molecule has 63 heavy (non-hydrogen) atoms. The van der Waals surface area contributed by atoms with Crippen LogP contribution in [0.15, 0.2) is 146 Å². The molecule has 0 saturated heterocycles. The molecule has 0 bridgehead atoms. The molecule has 0 amide bonds. The SMILES string of the molecule is CC(C)(c1ccccc1)c1cc(C[S]2=[Zr]=[S](Cc3cc(C(C)(C)c4ccccc4)cc(C(C)(C)c4ccccc4)c3O)[C@H]3CCCCCCC32)c(O)c(C(C)(C)c2ccccc2)c1. The van der Waals surface area contributed by atoms with Crippen molar-refractivity contribution in [1.29, 1.82) is 0 Å². The number of fused-ring (bicyclic) bond motifs is 1. The van der Waals surface area contributed by atoms with Crippen LogP contribution in [0, 0.1) is 0 Å². The molecule has 1 saturated carbocycles. The Kier molecular flexibility index (Phi) is 13.7. The summed E-state index contributed by atoms with van der Waals surface area (Å²) in [5, 5.41) is 26.7. The molecule has 2 nitrogen and oxygen atoms in total. The number of rotatable bonds is 12. The van der Waals surface area contributed by atoms with E-state index in [0.717, 1.165) is 33.8 Å². The van der Waals surface area contributed by atoms with Crippen molar-refractivity contribution in [2.45, 2.75) is 138 Å². The fourth-order valence-corrected chi connectivity index (χ4v) is 39.2. The standard InChI is InChI=1S/C58H68O2S2.Zr/c1-55(2,43-25-15-11-16-26-43)47-35-41(53(59)49(37-47)57(5,6)45-29-19-13-20-30-45)39-61-51-33-23-9-10-24-34-52(51)62-40-42-36-48(56(3,4)44-27-17-12-18-28-44)38-50(54(42)60)58(7,8)46-31-21-14-22-32-46;/h11-22,25-32,35-38,51-52,59-60H,9-10,23-24,33-34,39-40H2,1-8H3;/t51-,52?;/m0./s1. The van der Waals surface area contributed by atoms with Gasteiger partial charge in [-0.2, -0.15) is 0 Å². The Morgan fingerprint density at radius 1 is 0.413 bits per heavy atom. The number of hydrogen-bond donors (Lipinski definition) is 2. The maximum atomic E-state index is 12.6. The minimum atomic E-state index is -1.01. The normalized spacial score (nSPS) is 19.6. The van der Waals surface area contributed by atoms with Gasteiger partial charge in [-0.15, -0.1) is 0 Å². The molecule has 6 aromatic carbocycles. The van der Waals surface area contributed by atoms with Gasteiger partial charge in [-0.05, 0) is 0 Å². The van der Waals surface area contributed by atoms with E-state index in [1.54, 1.807) is 0 Å². The van der Waals surface area contributed by atoms with Crippen molar-refractivity contribution in [3.05, 3.63) is 201 Å². The molecule has 0 radical (unpaired) electrons. The third kappa shape index (κ3) is 9.33. The first-order chi connectivity index (χ1) is 30.1. The van der Waals surface area contributed by atoms with Crippen LogP contribution in [-0.2, 0) is 52.3 Å². The van der Waals surface area contributed by atoms with Gasteiger partial charge in [0.05, 0.1) is 0 Å². The molecule has 1 heterocycles. The fourth-order valence-electron chi connectivity index (χ4n) is 10.3. The third-order valence-corrected chi connectivity index (χ3v) is 36.6. The average molecular weight is 953 g/mol. The summed E-state index contributed by atoms with van der Waals surface area (Å²) < 4.78 is 0. The van der Waals surface area contributed by atoms with Crippen LogP contribution in [0.5, 0.6) is 11.5 Å². The molecular formula is C58H68O2S2Zr. The van der Waals surface area contributed by atoms with E-state index in [1.165, 1.54) is 71.9 Å². The van der Waals surface area contributed by atoms with Gasteiger partial charge in [-0.3, -0.25) is 0 Å². The Bertz CT molecular complexity index is 2440. The molecular weight excluding hydrogens is 884 g/mol. The van der Waals surface area contributed by atoms with E-state index in [0.29, 0.717) is 22.0 Å². The van der Waals surface area contributed by atoms with E-state index >= 15 is 0 Å². The van der Waals surface area contributed by atoms with E-state index in [9.17, 15) is 10.2 Å². The average Bonchev–Trinajstić information content (AvgIpc) is 3.58. The summed E-state index contributed by atoms with van der Waals surface area (Å²) in [4.78, 5) is 0. The van der Waals surface area contributed by atoms with Crippen LogP contribution < -0.4 is 0 Å². The van der Waals surface area contributed by atoms with Crippen molar-refractivity contribution in [3.8, 4) is 11.5 Å². The molecule has 6 aromatic rings. The molecule has 0 spiro atoms. The van der Waals surface area contributed by atoms with Crippen molar-refractivity contribution in [2.75, 3.05) is 0 Å². The molecule has 8 rings (SSSR count). The summed E-state index contributed by atoms with van der Waals surface area (Å²) in [7, 11) is 0.486. The molecule has 2 aliphatic rings. The summed E-state index contributed by atoms with van der Waals surface area (Å²) in [6, 6.07) is 52.8. The first-order valence-electron chi connectivity index (χ1n) is 23.2. The van der Waals surface area contributed by atoms with Crippen LogP contribution in [0.25, 0.3) is 0 Å². The van der Waals surface area contributed by atoms with Crippen molar-refractivity contribution in [2.24, 2.45) is 0 Å². The first-order valence-corrected chi connectivity index (χ1v) is 32.1. The van der Waals surface area contributed by atoms with Crippen molar-refractivity contribution >= 4 is 14.2 Å². The van der Waals surface area contributed by atoms with E-state index in [4.69, 9.17) is 0 Å². The van der Waals surface area contributed by atoms with Gasteiger partial charge in [0.25, 0.3) is 0 Å². The maximum absolute atomic E-state index is 12.6. The van der Waals surface area contributed by atoms with Crippen molar-refractivity contribution < 1.29 is 29.4 Å². The Hall–Kier alpha value is -3.50. The van der Waals surface area contributed by atoms with Crippen molar-refractivity contribution in [1.82, 2.24) is 0 Å². The van der Waals surface area contributed by atoms with Crippen LogP contribution in [0.3, 0.4) is 0 Å². The van der Waals surface area contributed by atoms with Gasteiger partial charge in [-0.25, -0.2) is 0 Å². The zero-order valence-electron chi connectivity index (χ0n) is 38.9. The predicted molar refractivity (Wildman–Crippen MR) is 268 cm³/mol. The predicted octanol–water partition coefficient (Wildman–Crippen LogP) is 15.7. The van der Waals surface area contributed by atoms with Gasteiger partial charge in [0.15, 0.2) is 0 Å². The van der Waals surface area contributed by atoms with Gasteiger partial charge in [0, 0.05) is 0 Å². The summed E-state index contributed by atoms with van der Waals surface area (Å²) in [6.07, 6.45) is 7.88. The number of phenolic OH excluding ortho intramolecular Hbond substituents is 2. The summed E-state index contributed by atoms with van der Waals surface area (Å²) in [5.41, 5.74) is 10.7. The van der Waals surface area contributed by atoms with Gasteiger partial charge in [0.1, 0.15) is 0 Å². The molecule has 2 N–H and O–H groups in total. The number of benzene rings is 6. The third-order valence-electron chi connectivity index (χ3n) is 14.9. The molecule has 4 atom stereocenters. The Labute approximate surface area is 390 Å². The Balaban J connectivity index is 1.28. The van der Waals surface area contributed by atoms with E-state index in [-0.39, 0.29) is 35.9 Å². The first kappa shape index (κ1) is 46.0. The van der Waals surface area contributed by atoms with E-state index in [1.807, 2.05) is 0 Å². The molecule has 1 aliphatic heterocycles. The summed E-state index contributed by atoms with van der Waals surface area (Å²) >= 11 is -1.01. The second-order valence-electron chi connectivity index (χ2n) is 20.3. The quantitative estimate of drug-likeness (QED) is 0.128. The molecule has 1 fully saturated rings. The zero-order valence-corrected chi connectivity index (χ0v) is 43.0. The van der Waals surface area contributed by atoms with Gasteiger partial charge >= 0.3 is 394 Å². The second kappa shape index (κ2) is 18.8. The molecule has 5 heteroatoms. The molecule has 1 aliphatic carbocycles. The summed E-state index contributed by atoms with van der Waals surface area (Å²) in [5.74, 6) is 2.94. The van der Waals surface area contributed by atoms with Crippen LogP contribution in [0.4, 0.5) is 0 Å². The van der Waals surface area contributed by atoms with Crippen molar-refractivity contribution in [3.63, 3.8) is 0 Å². The Morgan fingerprint density at radius 2 is 0.714 bits per heavy atom. The monoisotopic (exact) mass is 950 g/mol. The zero-order chi connectivity index (χ0) is 44.6. The molecule has 328 valence electrons. The van der Waals surface area contributed by atoms with Crippen LogP contribution in [-0.4, -0.2) is 20.7 Å².